The number of thiophene rings is 1. The Labute approximate surface area is 109 Å². The van der Waals surface area contributed by atoms with Crippen LogP contribution in [0.4, 0.5) is 5.82 Å². The summed E-state index contributed by atoms with van der Waals surface area (Å²) in [4.78, 5) is 12.0. The molecule has 5 heteroatoms. The van der Waals surface area contributed by atoms with Crippen molar-refractivity contribution in [3.05, 3.63) is 16.7 Å². The molecule has 0 aromatic carbocycles. The number of rotatable bonds is 1. The van der Waals surface area contributed by atoms with Gasteiger partial charge in [0.2, 0.25) is 5.28 Å². The molecule has 1 aliphatic heterocycles. The average molecular weight is 268 g/mol. The van der Waals surface area contributed by atoms with Gasteiger partial charge in [-0.2, -0.15) is 4.98 Å². The highest BCUT2D eigenvalue weighted by atomic mass is 35.5. The molecule has 0 amide bonds. The predicted molar refractivity (Wildman–Crippen MR) is 73.1 cm³/mol. The Balaban J connectivity index is 2.19. The van der Waals surface area contributed by atoms with E-state index in [-0.39, 0.29) is 5.54 Å². The fraction of sp³-hybridized carbons (Fsp3) is 0.500. The van der Waals surface area contributed by atoms with Crippen LogP contribution in [0.2, 0.25) is 5.28 Å². The predicted octanol–water partition coefficient (Wildman–Crippen LogP) is 3.72. The van der Waals surface area contributed by atoms with Gasteiger partial charge in [0.1, 0.15) is 10.6 Å². The molecule has 0 unspecified atom stereocenters. The van der Waals surface area contributed by atoms with Crippen LogP contribution < -0.4 is 4.90 Å². The van der Waals surface area contributed by atoms with Gasteiger partial charge < -0.3 is 4.90 Å². The Morgan fingerprint density at radius 2 is 2.24 bits per heavy atom. The molecule has 0 radical (unpaired) electrons. The molecule has 0 spiro atoms. The third-order valence-corrected chi connectivity index (χ3v) is 4.41. The molecule has 1 aliphatic rings. The van der Waals surface area contributed by atoms with E-state index >= 15 is 0 Å². The topological polar surface area (TPSA) is 29.0 Å². The standard InChI is InChI=1S/C12H14ClN3S/c1-12(2)5-3-6-16(12)9-8-4-7-17-10(8)15-11(13)14-9/h4,7H,3,5-6H2,1-2H3. The summed E-state index contributed by atoms with van der Waals surface area (Å²) in [6, 6.07) is 2.08. The maximum atomic E-state index is 6.01. The van der Waals surface area contributed by atoms with Crippen molar-refractivity contribution in [3.63, 3.8) is 0 Å². The third kappa shape index (κ3) is 1.79. The zero-order valence-corrected chi connectivity index (χ0v) is 11.5. The Morgan fingerprint density at radius 1 is 1.41 bits per heavy atom. The van der Waals surface area contributed by atoms with Crippen molar-refractivity contribution in [2.24, 2.45) is 0 Å². The SMILES string of the molecule is CC1(C)CCCN1c1nc(Cl)nc2sccc12. The zero-order valence-electron chi connectivity index (χ0n) is 9.90. The maximum absolute atomic E-state index is 6.01. The van der Waals surface area contributed by atoms with Crippen LogP contribution in [0.1, 0.15) is 26.7 Å². The minimum atomic E-state index is 0.159. The molecule has 1 fully saturated rings. The van der Waals surface area contributed by atoms with E-state index in [9.17, 15) is 0 Å². The lowest BCUT2D eigenvalue weighted by molar-refractivity contribution is 0.515. The molecule has 0 aliphatic carbocycles. The normalized spacial score (nSPS) is 19.1. The first-order chi connectivity index (χ1) is 8.08. The van der Waals surface area contributed by atoms with Crippen molar-refractivity contribution in [3.8, 4) is 0 Å². The summed E-state index contributed by atoms with van der Waals surface area (Å²) in [7, 11) is 0. The van der Waals surface area contributed by atoms with Crippen LogP contribution >= 0.6 is 22.9 Å². The highest BCUT2D eigenvalue weighted by Gasteiger charge is 2.34. The molecule has 2 aromatic heterocycles. The van der Waals surface area contributed by atoms with Crippen LogP contribution in [0.15, 0.2) is 11.4 Å². The third-order valence-electron chi connectivity index (χ3n) is 3.43. The number of fused-ring (bicyclic) bond motifs is 1. The smallest absolute Gasteiger partial charge is 0.225 e. The molecule has 3 rings (SSSR count). The van der Waals surface area contributed by atoms with E-state index in [0.717, 1.165) is 22.6 Å². The molecule has 0 N–H and O–H groups in total. The van der Waals surface area contributed by atoms with Crippen LogP contribution in [-0.4, -0.2) is 22.1 Å². The molecule has 2 aromatic rings. The van der Waals surface area contributed by atoms with Crippen LogP contribution in [0.5, 0.6) is 0 Å². The minimum absolute atomic E-state index is 0.159. The summed E-state index contributed by atoms with van der Waals surface area (Å²) in [5, 5.41) is 3.51. The molecule has 3 nitrogen and oxygen atoms in total. The van der Waals surface area contributed by atoms with Crippen molar-refractivity contribution in [2.45, 2.75) is 32.2 Å². The van der Waals surface area contributed by atoms with Gasteiger partial charge in [-0.15, -0.1) is 11.3 Å². The van der Waals surface area contributed by atoms with Gasteiger partial charge in [0.25, 0.3) is 0 Å². The van der Waals surface area contributed by atoms with Gasteiger partial charge in [-0.1, -0.05) is 0 Å². The zero-order chi connectivity index (χ0) is 12.0. The van der Waals surface area contributed by atoms with Gasteiger partial charge in [-0.05, 0) is 49.7 Å². The molecule has 3 heterocycles. The van der Waals surface area contributed by atoms with Crippen LogP contribution in [-0.2, 0) is 0 Å². The summed E-state index contributed by atoms with van der Waals surface area (Å²) in [5.74, 6) is 0.990. The summed E-state index contributed by atoms with van der Waals surface area (Å²) in [5.41, 5.74) is 0.159. The number of aromatic nitrogens is 2. The minimum Gasteiger partial charge on any atom is -0.351 e. The molecular formula is C12H14ClN3S. The summed E-state index contributed by atoms with van der Waals surface area (Å²) >= 11 is 7.62. The number of hydrogen-bond donors (Lipinski definition) is 0. The van der Waals surface area contributed by atoms with Crippen molar-refractivity contribution in [2.75, 3.05) is 11.4 Å². The van der Waals surface area contributed by atoms with Gasteiger partial charge in [-0.3, -0.25) is 0 Å². The number of halogens is 1. The van der Waals surface area contributed by atoms with Crippen molar-refractivity contribution >= 4 is 39.0 Å². The maximum Gasteiger partial charge on any atom is 0.225 e. The lowest BCUT2D eigenvalue weighted by Crippen LogP contribution is -2.38. The second-order valence-corrected chi connectivity index (χ2v) is 6.26. The van der Waals surface area contributed by atoms with Gasteiger partial charge >= 0.3 is 0 Å². The Kier molecular flexibility index (Phi) is 2.52. The fourth-order valence-corrected chi connectivity index (χ4v) is 3.49. The highest BCUT2D eigenvalue weighted by Crippen LogP contribution is 2.37. The molecular weight excluding hydrogens is 254 g/mol. The van der Waals surface area contributed by atoms with Gasteiger partial charge in [0.15, 0.2) is 0 Å². The Hall–Kier alpha value is -0.870. The van der Waals surface area contributed by atoms with Crippen molar-refractivity contribution in [1.29, 1.82) is 0 Å². The van der Waals surface area contributed by atoms with Crippen LogP contribution in [0.3, 0.4) is 0 Å². The molecule has 17 heavy (non-hydrogen) atoms. The molecule has 0 bridgehead atoms. The van der Waals surface area contributed by atoms with E-state index in [4.69, 9.17) is 11.6 Å². The lowest BCUT2D eigenvalue weighted by atomic mass is 10.0. The van der Waals surface area contributed by atoms with E-state index in [1.807, 2.05) is 5.38 Å². The molecule has 0 saturated carbocycles. The van der Waals surface area contributed by atoms with Gasteiger partial charge in [-0.25, -0.2) is 4.98 Å². The number of hydrogen-bond acceptors (Lipinski definition) is 4. The first kappa shape index (κ1) is 11.2. The lowest BCUT2D eigenvalue weighted by Gasteiger charge is -2.33. The van der Waals surface area contributed by atoms with Crippen LogP contribution in [0.25, 0.3) is 10.2 Å². The summed E-state index contributed by atoms with van der Waals surface area (Å²) in [6.45, 7) is 5.56. The molecule has 1 saturated heterocycles. The summed E-state index contributed by atoms with van der Waals surface area (Å²) in [6.07, 6.45) is 2.40. The quantitative estimate of drug-likeness (QED) is 0.738. The van der Waals surface area contributed by atoms with Gasteiger partial charge in [0.05, 0.1) is 5.39 Å². The van der Waals surface area contributed by atoms with Crippen molar-refractivity contribution < 1.29 is 0 Å². The summed E-state index contributed by atoms with van der Waals surface area (Å²) < 4.78 is 0. The first-order valence-electron chi connectivity index (χ1n) is 5.76. The average Bonchev–Trinajstić information content (AvgIpc) is 2.82. The van der Waals surface area contributed by atoms with E-state index in [1.165, 1.54) is 12.8 Å². The second kappa shape index (κ2) is 3.82. The molecule has 90 valence electrons. The largest absolute Gasteiger partial charge is 0.351 e. The van der Waals surface area contributed by atoms with E-state index in [2.05, 4.69) is 34.8 Å². The van der Waals surface area contributed by atoms with E-state index < -0.39 is 0 Å². The Bertz CT molecular complexity index is 564. The number of anilines is 1. The highest BCUT2D eigenvalue weighted by molar-refractivity contribution is 7.16. The second-order valence-electron chi connectivity index (χ2n) is 5.02. The van der Waals surface area contributed by atoms with E-state index in [0.29, 0.717) is 5.28 Å². The van der Waals surface area contributed by atoms with E-state index in [1.54, 1.807) is 11.3 Å². The molecule has 0 atom stereocenters. The Morgan fingerprint density at radius 3 is 2.94 bits per heavy atom. The fourth-order valence-electron chi connectivity index (χ4n) is 2.52. The monoisotopic (exact) mass is 267 g/mol. The van der Waals surface area contributed by atoms with Crippen molar-refractivity contribution in [1.82, 2.24) is 9.97 Å². The van der Waals surface area contributed by atoms with Crippen LogP contribution in [0, 0.1) is 0 Å². The van der Waals surface area contributed by atoms with Gasteiger partial charge in [0, 0.05) is 12.1 Å². The number of nitrogens with zero attached hydrogens (tertiary/aromatic N) is 3. The first-order valence-corrected chi connectivity index (χ1v) is 7.02.